The predicted octanol–water partition coefficient (Wildman–Crippen LogP) is 14.5. The minimum absolute atomic E-state index is 0.0668. The Labute approximate surface area is 345 Å². The number of hydrogen-bond acceptors (Lipinski definition) is 2. The van der Waals surface area contributed by atoms with Gasteiger partial charge in [0.25, 0.3) is 0 Å². The quantitative estimate of drug-likeness (QED) is 0.179. The van der Waals surface area contributed by atoms with Gasteiger partial charge < -0.3 is 4.57 Å². The Hall–Kier alpha value is -6.84. The SMILES string of the molecule is CC1(C)c2ccccc2-c2cc3c4cc(-c5ccc6c(c5)C(C)(C)c5cccc(-c7nc(-c8ccccc8)c8ccccc8n7)c5-6)ccc4n(C4=CCCC=C4)c3cc21. The third kappa shape index (κ3) is 4.88. The van der Waals surface area contributed by atoms with E-state index in [1.54, 1.807) is 0 Å². The zero-order valence-corrected chi connectivity index (χ0v) is 33.8. The van der Waals surface area contributed by atoms with Gasteiger partial charge in [0.05, 0.1) is 22.2 Å². The van der Waals surface area contributed by atoms with Gasteiger partial charge in [0.2, 0.25) is 0 Å². The summed E-state index contributed by atoms with van der Waals surface area (Å²) in [4.78, 5) is 10.5. The normalized spacial score (nSPS) is 15.6. The van der Waals surface area contributed by atoms with Crippen LogP contribution in [0.4, 0.5) is 0 Å². The van der Waals surface area contributed by atoms with Crippen LogP contribution < -0.4 is 0 Å². The third-order valence-corrected chi connectivity index (χ3v) is 13.6. The first-order valence-electron chi connectivity index (χ1n) is 21.0. The predicted molar refractivity (Wildman–Crippen MR) is 247 cm³/mol. The number of para-hydroxylation sites is 1. The van der Waals surface area contributed by atoms with Crippen LogP contribution in [0.1, 0.15) is 62.8 Å². The van der Waals surface area contributed by atoms with E-state index in [4.69, 9.17) is 9.97 Å². The van der Waals surface area contributed by atoms with Crippen LogP contribution in [0.2, 0.25) is 0 Å². The van der Waals surface area contributed by atoms with Gasteiger partial charge >= 0.3 is 0 Å². The first-order chi connectivity index (χ1) is 28.8. The van der Waals surface area contributed by atoms with Crippen LogP contribution >= 0.6 is 0 Å². The van der Waals surface area contributed by atoms with Crippen molar-refractivity contribution in [3.05, 3.63) is 186 Å². The topological polar surface area (TPSA) is 30.7 Å². The van der Waals surface area contributed by atoms with Gasteiger partial charge in [0.15, 0.2) is 5.82 Å². The van der Waals surface area contributed by atoms with Gasteiger partial charge in [0, 0.05) is 43.8 Å². The molecule has 0 spiro atoms. The second kappa shape index (κ2) is 12.3. The van der Waals surface area contributed by atoms with Crippen LogP contribution in [-0.4, -0.2) is 14.5 Å². The van der Waals surface area contributed by atoms with E-state index in [0.29, 0.717) is 0 Å². The van der Waals surface area contributed by atoms with E-state index in [-0.39, 0.29) is 10.8 Å². The Bertz CT molecular complexity index is 3320. The van der Waals surface area contributed by atoms with E-state index in [0.717, 1.165) is 46.4 Å². The molecule has 3 heteroatoms. The number of aromatic nitrogens is 3. The molecular weight excluding hydrogens is 715 g/mol. The standard InChI is InChI=1S/C56H43N3/c1-55(2)45-23-13-11-20-38(45)42-32-44-43-30-35(27-29-50(43)59(51(44)33-48(42)55)37-18-9-6-10-19-37)36-26-28-39-47(31-36)56(3,4)46-24-15-22-41(52(39)46)54-57-49-25-14-12-21-40(49)53(58-54)34-16-7-5-8-17-34/h5,7-9,11-33H,6,10H2,1-4H3. The summed E-state index contributed by atoms with van der Waals surface area (Å²) in [5, 5.41) is 3.65. The molecule has 2 heterocycles. The van der Waals surface area contributed by atoms with E-state index in [2.05, 4.69) is 196 Å². The van der Waals surface area contributed by atoms with Gasteiger partial charge in [-0.15, -0.1) is 0 Å². The number of nitrogens with zero attached hydrogens (tertiary/aromatic N) is 3. The lowest BCUT2D eigenvalue weighted by Gasteiger charge is -2.22. The highest BCUT2D eigenvalue weighted by Crippen LogP contribution is 2.54. The fraction of sp³-hybridized carbons (Fsp3) is 0.143. The molecule has 3 aliphatic rings. The van der Waals surface area contributed by atoms with Crippen LogP contribution in [0.25, 0.3) is 94.4 Å². The molecule has 0 aliphatic heterocycles. The number of allylic oxidation sites excluding steroid dienone is 4. The van der Waals surface area contributed by atoms with Crippen molar-refractivity contribution < 1.29 is 0 Å². The van der Waals surface area contributed by atoms with E-state index in [1.165, 1.54) is 83.1 Å². The summed E-state index contributed by atoms with van der Waals surface area (Å²) >= 11 is 0. The van der Waals surface area contributed by atoms with E-state index in [1.807, 2.05) is 0 Å². The van der Waals surface area contributed by atoms with Crippen molar-refractivity contribution >= 4 is 38.4 Å². The third-order valence-electron chi connectivity index (χ3n) is 13.6. The zero-order chi connectivity index (χ0) is 39.6. The molecule has 0 radical (unpaired) electrons. The van der Waals surface area contributed by atoms with Crippen LogP contribution in [0.5, 0.6) is 0 Å². The average molecular weight is 758 g/mol. The second-order valence-corrected chi connectivity index (χ2v) is 17.7. The molecule has 0 saturated heterocycles. The summed E-state index contributed by atoms with van der Waals surface area (Å²) in [5.41, 5.74) is 20.7. The first kappa shape index (κ1) is 34.2. The van der Waals surface area contributed by atoms with E-state index >= 15 is 0 Å². The van der Waals surface area contributed by atoms with Crippen molar-refractivity contribution in [3.8, 4) is 56.0 Å². The maximum atomic E-state index is 5.31. The lowest BCUT2D eigenvalue weighted by molar-refractivity contribution is 0.660. The summed E-state index contributed by atoms with van der Waals surface area (Å²) in [7, 11) is 0. The maximum Gasteiger partial charge on any atom is 0.161 e. The molecule has 2 aromatic heterocycles. The number of fused-ring (bicyclic) bond motifs is 10. The van der Waals surface area contributed by atoms with Crippen molar-refractivity contribution in [3.63, 3.8) is 0 Å². The van der Waals surface area contributed by atoms with Crippen molar-refractivity contribution in [1.29, 1.82) is 0 Å². The average Bonchev–Trinajstić information content (AvgIpc) is 3.81. The molecule has 9 aromatic rings. The highest BCUT2D eigenvalue weighted by Gasteiger charge is 2.38. The molecule has 0 unspecified atom stereocenters. The minimum Gasteiger partial charge on any atom is -0.310 e. The van der Waals surface area contributed by atoms with Gasteiger partial charge in [-0.25, -0.2) is 9.97 Å². The maximum absolute atomic E-state index is 5.31. The fourth-order valence-electron chi connectivity index (χ4n) is 10.6. The largest absolute Gasteiger partial charge is 0.310 e. The Morgan fingerprint density at radius 1 is 0.475 bits per heavy atom. The Morgan fingerprint density at radius 3 is 2.05 bits per heavy atom. The number of rotatable bonds is 4. The van der Waals surface area contributed by atoms with Crippen molar-refractivity contribution in [2.45, 2.75) is 51.4 Å². The molecule has 59 heavy (non-hydrogen) atoms. The molecule has 0 bridgehead atoms. The zero-order valence-electron chi connectivity index (χ0n) is 33.8. The van der Waals surface area contributed by atoms with Crippen molar-refractivity contribution in [2.24, 2.45) is 0 Å². The molecule has 3 aliphatic carbocycles. The second-order valence-electron chi connectivity index (χ2n) is 17.7. The Kier molecular flexibility index (Phi) is 7.15. The van der Waals surface area contributed by atoms with Crippen LogP contribution in [-0.2, 0) is 10.8 Å². The highest BCUT2D eigenvalue weighted by atomic mass is 15.0. The van der Waals surface area contributed by atoms with Crippen LogP contribution in [0, 0.1) is 0 Å². The molecule has 7 aromatic carbocycles. The molecule has 282 valence electrons. The minimum atomic E-state index is -0.212. The molecule has 0 saturated carbocycles. The molecule has 0 N–H and O–H groups in total. The van der Waals surface area contributed by atoms with Crippen molar-refractivity contribution in [2.75, 3.05) is 0 Å². The molecule has 0 atom stereocenters. The fourth-order valence-corrected chi connectivity index (χ4v) is 10.6. The summed E-state index contributed by atoms with van der Waals surface area (Å²) in [6.45, 7) is 9.48. The molecule has 3 nitrogen and oxygen atoms in total. The first-order valence-corrected chi connectivity index (χ1v) is 21.0. The summed E-state index contributed by atoms with van der Waals surface area (Å²) in [6, 6.07) is 53.7. The van der Waals surface area contributed by atoms with Crippen LogP contribution in [0.3, 0.4) is 0 Å². The molecule has 0 fully saturated rings. The van der Waals surface area contributed by atoms with E-state index in [9.17, 15) is 0 Å². The summed E-state index contributed by atoms with van der Waals surface area (Å²) < 4.78 is 2.51. The van der Waals surface area contributed by atoms with E-state index < -0.39 is 0 Å². The lowest BCUT2D eigenvalue weighted by Crippen LogP contribution is -2.15. The highest BCUT2D eigenvalue weighted by molar-refractivity contribution is 6.14. The molecule has 0 amide bonds. The Morgan fingerprint density at radius 2 is 1.19 bits per heavy atom. The summed E-state index contributed by atoms with van der Waals surface area (Å²) in [6.07, 6.45) is 9.18. The molecular formula is C56H43N3. The van der Waals surface area contributed by atoms with Gasteiger partial charge in [-0.1, -0.05) is 149 Å². The van der Waals surface area contributed by atoms with Crippen LogP contribution in [0.15, 0.2) is 164 Å². The van der Waals surface area contributed by atoms with Gasteiger partial charge in [-0.3, -0.25) is 0 Å². The van der Waals surface area contributed by atoms with Gasteiger partial charge in [-0.2, -0.15) is 0 Å². The summed E-state index contributed by atoms with van der Waals surface area (Å²) in [5.74, 6) is 0.759. The molecule has 12 rings (SSSR count). The number of benzene rings is 7. The number of hydrogen-bond donors (Lipinski definition) is 0. The smallest absolute Gasteiger partial charge is 0.161 e. The van der Waals surface area contributed by atoms with Crippen molar-refractivity contribution in [1.82, 2.24) is 14.5 Å². The lowest BCUT2D eigenvalue weighted by atomic mass is 9.81. The monoisotopic (exact) mass is 757 g/mol. The van der Waals surface area contributed by atoms with Gasteiger partial charge in [0.1, 0.15) is 0 Å². The Balaban J connectivity index is 1.03. The van der Waals surface area contributed by atoms with Gasteiger partial charge in [-0.05, 0) is 111 Å².